The zero-order chi connectivity index (χ0) is 11.5. The molecule has 1 heterocycles. The van der Waals surface area contributed by atoms with Crippen LogP contribution in [0.1, 0.15) is 25.8 Å². The smallest absolute Gasteiger partial charge is 0.0123 e. The first-order chi connectivity index (χ1) is 7.69. The molecule has 0 saturated carbocycles. The Morgan fingerprint density at radius 3 is 2.88 bits per heavy atom. The molecule has 0 bridgehead atoms. The monoisotopic (exact) mass is 340 g/mol. The third-order valence-electron chi connectivity index (χ3n) is 2.42. The summed E-state index contributed by atoms with van der Waals surface area (Å²) in [6.45, 7) is 6.50. The number of nitrogens with zero attached hydrogens (tertiary/aromatic N) is 2. The molecule has 5 heteroatoms. The minimum absolute atomic E-state index is 0. The Balaban J connectivity index is 0.00000144. The molecule has 2 nitrogen and oxygen atoms in total. The molecule has 0 saturated heterocycles. The Kier molecular flexibility index (Phi) is 6.56. The van der Waals surface area contributed by atoms with E-state index in [0.29, 0.717) is 5.25 Å². The third-order valence-corrected chi connectivity index (χ3v) is 5.24. The van der Waals surface area contributed by atoms with Crippen LogP contribution in [0, 0.1) is 6.92 Å². The molecule has 0 aliphatic heterocycles. The van der Waals surface area contributed by atoms with Gasteiger partial charge in [-0.1, -0.05) is 59.2 Å². The second-order valence-electron chi connectivity index (χ2n) is 3.90. The molecule has 2 rings (SSSR count). The van der Waals surface area contributed by atoms with Crippen molar-refractivity contribution in [3.63, 3.8) is 0 Å². The Morgan fingerprint density at radius 2 is 2.18 bits per heavy atom. The van der Waals surface area contributed by atoms with E-state index < -0.39 is 0 Å². The number of imidazole rings is 1. The summed E-state index contributed by atoms with van der Waals surface area (Å²) in [5, 5.41) is 1.53. The quantitative estimate of drug-likeness (QED) is 0.785. The van der Waals surface area contributed by atoms with Crippen molar-refractivity contribution < 1.29 is 32.7 Å². The first-order valence-electron chi connectivity index (χ1n) is 5.43. The Labute approximate surface area is 135 Å². The number of aryl methyl sites for hydroxylation is 1. The maximum Gasteiger partial charge on any atom is 0.0123 e. The number of hydrogen-bond acceptors (Lipinski definition) is 3. The van der Waals surface area contributed by atoms with E-state index in [0.717, 1.165) is 16.2 Å². The standard InChI is InChI=1S/C12H15N2S2.Y/c1-4-9(3)15-16-12-13-10-6-5-8(2)7-11(10)14-12;/h5-7,9H,4H2,1-3H3;/q-1;. The number of hydrogen-bond donors (Lipinski definition) is 0. The van der Waals surface area contributed by atoms with E-state index in [1.807, 2.05) is 16.9 Å². The van der Waals surface area contributed by atoms with Crippen molar-refractivity contribution >= 4 is 32.6 Å². The second-order valence-corrected chi connectivity index (χ2v) is 6.50. The van der Waals surface area contributed by atoms with E-state index in [-0.39, 0.29) is 32.7 Å². The Bertz CT molecular complexity index is 484. The summed E-state index contributed by atoms with van der Waals surface area (Å²) in [6.07, 6.45) is 1.18. The van der Waals surface area contributed by atoms with E-state index in [1.54, 1.807) is 10.8 Å². The molecule has 1 aromatic carbocycles. The Hall–Kier alpha value is 0.494. The number of fused-ring (bicyclic) bond motifs is 1. The molecule has 0 fully saturated rings. The van der Waals surface area contributed by atoms with Gasteiger partial charge in [0.1, 0.15) is 0 Å². The van der Waals surface area contributed by atoms with Gasteiger partial charge >= 0.3 is 0 Å². The summed E-state index contributed by atoms with van der Waals surface area (Å²) >= 11 is 0. The predicted molar refractivity (Wildman–Crippen MR) is 73.0 cm³/mol. The van der Waals surface area contributed by atoms with Crippen molar-refractivity contribution in [1.29, 1.82) is 0 Å². The molecule has 17 heavy (non-hydrogen) atoms. The van der Waals surface area contributed by atoms with Gasteiger partial charge in [-0.2, -0.15) is 0 Å². The van der Waals surface area contributed by atoms with Crippen LogP contribution in [-0.4, -0.2) is 10.2 Å². The van der Waals surface area contributed by atoms with Gasteiger partial charge in [0.25, 0.3) is 0 Å². The summed E-state index contributed by atoms with van der Waals surface area (Å²) in [7, 11) is 3.52. The second kappa shape index (κ2) is 7.17. The van der Waals surface area contributed by atoms with E-state index in [2.05, 4.69) is 42.9 Å². The van der Waals surface area contributed by atoms with Gasteiger partial charge in [0.15, 0.2) is 0 Å². The fraction of sp³-hybridized carbons (Fsp3) is 0.417. The van der Waals surface area contributed by atoms with Crippen LogP contribution in [-0.2, 0) is 32.7 Å². The van der Waals surface area contributed by atoms with Crippen molar-refractivity contribution in [1.82, 2.24) is 9.97 Å². The molecule has 1 atom stereocenters. The minimum Gasteiger partial charge on any atom is -0.430 e. The summed E-state index contributed by atoms with van der Waals surface area (Å²) in [5.74, 6) is 0. The van der Waals surface area contributed by atoms with Gasteiger partial charge in [-0.25, -0.2) is 0 Å². The van der Waals surface area contributed by atoms with Crippen molar-refractivity contribution in [2.45, 2.75) is 37.6 Å². The maximum absolute atomic E-state index is 4.51. The molecular formula is C12H15N2S2Y-. The average Bonchev–Trinajstić information content (AvgIpc) is 2.67. The first-order valence-corrected chi connectivity index (χ1v) is 7.64. The van der Waals surface area contributed by atoms with Gasteiger partial charge in [0.2, 0.25) is 0 Å². The van der Waals surface area contributed by atoms with Crippen molar-refractivity contribution in [2.75, 3.05) is 0 Å². The van der Waals surface area contributed by atoms with E-state index in [4.69, 9.17) is 0 Å². The van der Waals surface area contributed by atoms with Gasteiger partial charge in [-0.15, -0.1) is 0 Å². The summed E-state index contributed by atoms with van der Waals surface area (Å²) in [4.78, 5) is 9.00. The van der Waals surface area contributed by atoms with Crippen molar-refractivity contribution in [3.05, 3.63) is 23.8 Å². The first kappa shape index (κ1) is 15.6. The minimum atomic E-state index is 0. The van der Waals surface area contributed by atoms with Crippen molar-refractivity contribution in [2.24, 2.45) is 0 Å². The molecule has 89 valence electrons. The average molecular weight is 340 g/mol. The normalized spacial score (nSPS) is 12.4. The van der Waals surface area contributed by atoms with Crippen LogP contribution in [0.4, 0.5) is 0 Å². The van der Waals surface area contributed by atoms with Crippen LogP contribution >= 0.6 is 21.6 Å². The molecule has 0 amide bonds. The molecule has 1 unspecified atom stereocenters. The van der Waals surface area contributed by atoms with Crippen LogP contribution in [0.3, 0.4) is 0 Å². The molecular weight excluding hydrogens is 325 g/mol. The van der Waals surface area contributed by atoms with Crippen LogP contribution < -0.4 is 4.98 Å². The zero-order valence-electron chi connectivity index (χ0n) is 10.3. The van der Waals surface area contributed by atoms with Gasteiger partial charge < -0.3 is 9.97 Å². The molecule has 1 radical (unpaired) electrons. The molecule has 0 N–H and O–H groups in total. The molecule has 1 aromatic heterocycles. The third kappa shape index (κ3) is 4.27. The van der Waals surface area contributed by atoms with Gasteiger partial charge in [-0.05, 0) is 29.5 Å². The molecule has 0 spiro atoms. The fourth-order valence-electron chi connectivity index (χ4n) is 1.28. The largest absolute Gasteiger partial charge is 0.430 e. The number of rotatable bonds is 4. The predicted octanol–water partition coefficient (Wildman–Crippen LogP) is 4.04. The van der Waals surface area contributed by atoms with Crippen LogP contribution in [0.15, 0.2) is 23.4 Å². The van der Waals surface area contributed by atoms with E-state index in [1.165, 1.54) is 12.0 Å². The Morgan fingerprint density at radius 1 is 1.41 bits per heavy atom. The fourth-order valence-corrected chi connectivity index (χ4v) is 3.32. The van der Waals surface area contributed by atoms with Gasteiger partial charge in [0.05, 0.1) is 0 Å². The van der Waals surface area contributed by atoms with E-state index >= 15 is 0 Å². The molecule has 0 aliphatic carbocycles. The SMILES string of the molecule is CCC(C)SSc1nc2cc(C)ccc2[n-]1.[Y]. The molecule has 2 aromatic rings. The summed E-state index contributed by atoms with van der Waals surface area (Å²) in [5.41, 5.74) is 3.24. The van der Waals surface area contributed by atoms with Crippen LogP contribution in [0.5, 0.6) is 0 Å². The van der Waals surface area contributed by atoms with Gasteiger partial charge in [-0.3, -0.25) is 0 Å². The van der Waals surface area contributed by atoms with Crippen LogP contribution in [0.2, 0.25) is 0 Å². The number of benzene rings is 1. The maximum atomic E-state index is 4.51. The topological polar surface area (TPSA) is 27.0 Å². The van der Waals surface area contributed by atoms with Crippen LogP contribution in [0.25, 0.3) is 11.0 Å². The summed E-state index contributed by atoms with van der Waals surface area (Å²) in [6, 6.07) is 6.20. The van der Waals surface area contributed by atoms with E-state index in [9.17, 15) is 0 Å². The summed E-state index contributed by atoms with van der Waals surface area (Å²) < 4.78 is 0. The zero-order valence-corrected chi connectivity index (χ0v) is 14.8. The molecule has 0 aliphatic rings. The van der Waals surface area contributed by atoms with Gasteiger partial charge in [0, 0.05) is 38.0 Å². The van der Waals surface area contributed by atoms with Crippen molar-refractivity contribution in [3.8, 4) is 0 Å². The number of aromatic nitrogens is 2.